The van der Waals surface area contributed by atoms with Crippen LogP contribution in [0, 0.1) is 0 Å². The molecule has 1 N–H and O–H groups in total. The van der Waals surface area contributed by atoms with Gasteiger partial charge in [-0.3, -0.25) is 9.59 Å². The highest BCUT2D eigenvalue weighted by Gasteiger charge is 2.28. The Balaban J connectivity index is 2.55. The number of benzene rings is 1. The second kappa shape index (κ2) is 4.55. The first-order chi connectivity index (χ1) is 8.02. The third-order valence-corrected chi connectivity index (χ3v) is 2.86. The van der Waals surface area contributed by atoms with E-state index in [0.717, 1.165) is 0 Å². The van der Waals surface area contributed by atoms with Crippen molar-refractivity contribution in [1.82, 2.24) is 0 Å². The molecule has 1 heterocycles. The minimum atomic E-state index is -0.648. The molecule has 0 fully saturated rings. The minimum absolute atomic E-state index is 0.168. The summed E-state index contributed by atoms with van der Waals surface area (Å²) in [4.78, 5) is 23.1. The van der Waals surface area contributed by atoms with E-state index in [0.29, 0.717) is 16.5 Å². The number of carbonyl (C=O) groups is 2. The first-order valence-electron chi connectivity index (χ1n) is 4.93. The molecule has 17 heavy (non-hydrogen) atoms. The van der Waals surface area contributed by atoms with Crippen molar-refractivity contribution in [2.45, 2.75) is 13.0 Å². The number of amides is 1. The summed E-state index contributed by atoms with van der Waals surface area (Å²) in [7, 11) is 0. The van der Waals surface area contributed by atoms with Gasteiger partial charge in [0.05, 0.1) is 17.1 Å². The molecule has 1 aromatic rings. The summed E-state index contributed by atoms with van der Waals surface area (Å²) >= 11 is 11.4. The standard InChI is InChI=1S/C11H9Cl2NO3/c1-5-11(16)14-8-3-6(13)2-7(9(15)4-12)10(8)17-5/h2-3,5H,4H2,1H3,(H,14,16). The van der Waals surface area contributed by atoms with Crippen LogP contribution in [0.3, 0.4) is 0 Å². The second-order valence-electron chi connectivity index (χ2n) is 3.64. The molecule has 1 aliphatic heterocycles. The summed E-state index contributed by atoms with van der Waals surface area (Å²) in [6.07, 6.45) is -0.648. The Morgan fingerprint density at radius 1 is 1.53 bits per heavy atom. The lowest BCUT2D eigenvalue weighted by Gasteiger charge is -2.25. The van der Waals surface area contributed by atoms with Gasteiger partial charge in [0.1, 0.15) is 0 Å². The van der Waals surface area contributed by atoms with Crippen LogP contribution < -0.4 is 10.1 Å². The van der Waals surface area contributed by atoms with Crippen molar-refractivity contribution in [3.63, 3.8) is 0 Å². The van der Waals surface area contributed by atoms with E-state index in [1.165, 1.54) is 12.1 Å². The molecule has 6 heteroatoms. The average Bonchev–Trinajstić information content (AvgIpc) is 2.29. The molecule has 0 bridgehead atoms. The Morgan fingerprint density at radius 2 is 2.24 bits per heavy atom. The average molecular weight is 274 g/mol. The number of ether oxygens (including phenoxy) is 1. The Labute approximate surface area is 108 Å². The number of ketones is 1. The Morgan fingerprint density at radius 3 is 2.88 bits per heavy atom. The Bertz CT molecular complexity index is 502. The number of halogens is 2. The fourth-order valence-corrected chi connectivity index (χ4v) is 1.92. The predicted molar refractivity (Wildman–Crippen MR) is 65.2 cm³/mol. The molecule has 0 aliphatic carbocycles. The zero-order valence-corrected chi connectivity index (χ0v) is 10.4. The van der Waals surface area contributed by atoms with Gasteiger partial charge in [-0.15, -0.1) is 11.6 Å². The first-order valence-corrected chi connectivity index (χ1v) is 5.84. The number of carbonyl (C=O) groups excluding carboxylic acids is 2. The normalized spacial score (nSPS) is 18.1. The largest absolute Gasteiger partial charge is 0.478 e. The lowest BCUT2D eigenvalue weighted by atomic mass is 10.1. The number of Topliss-reactive ketones (excluding diaryl/α,β-unsaturated/α-hetero) is 1. The van der Waals surface area contributed by atoms with E-state index in [2.05, 4.69) is 5.32 Å². The molecule has 90 valence electrons. The predicted octanol–water partition coefficient (Wildman–Crippen LogP) is 2.48. The zero-order valence-electron chi connectivity index (χ0n) is 8.92. The van der Waals surface area contributed by atoms with Crippen molar-refractivity contribution in [1.29, 1.82) is 0 Å². The fourth-order valence-electron chi connectivity index (χ4n) is 1.56. The quantitative estimate of drug-likeness (QED) is 0.665. The topological polar surface area (TPSA) is 55.4 Å². The van der Waals surface area contributed by atoms with E-state index in [1.54, 1.807) is 6.92 Å². The lowest BCUT2D eigenvalue weighted by molar-refractivity contribution is -0.122. The molecular formula is C11H9Cl2NO3. The Kier molecular flexibility index (Phi) is 3.26. The van der Waals surface area contributed by atoms with Crippen molar-refractivity contribution in [3.05, 3.63) is 22.7 Å². The van der Waals surface area contributed by atoms with Crippen LogP contribution in [0.1, 0.15) is 17.3 Å². The number of fused-ring (bicyclic) bond motifs is 1. The monoisotopic (exact) mass is 273 g/mol. The molecule has 2 rings (SSSR count). The van der Waals surface area contributed by atoms with Crippen LogP contribution in [0.4, 0.5) is 5.69 Å². The number of alkyl halides is 1. The summed E-state index contributed by atoms with van der Waals surface area (Å²) in [5.74, 6) is -0.414. The van der Waals surface area contributed by atoms with Gasteiger partial charge in [0.15, 0.2) is 17.6 Å². The number of anilines is 1. The van der Waals surface area contributed by atoms with Crippen LogP contribution in [0.25, 0.3) is 0 Å². The SMILES string of the molecule is CC1Oc2c(cc(Cl)cc2C(=O)CCl)NC1=O. The fraction of sp³-hybridized carbons (Fsp3) is 0.273. The molecule has 0 aromatic heterocycles. The number of nitrogens with one attached hydrogen (secondary N) is 1. The number of rotatable bonds is 2. The van der Waals surface area contributed by atoms with Gasteiger partial charge in [0.25, 0.3) is 5.91 Å². The minimum Gasteiger partial charge on any atom is -0.478 e. The summed E-state index contributed by atoms with van der Waals surface area (Å²) in [5.41, 5.74) is 0.684. The van der Waals surface area contributed by atoms with Gasteiger partial charge >= 0.3 is 0 Å². The molecule has 4 nitrogen and oxygen atoms in total. The third-order valence-electron chi connectivity index (χ3n) is 2.40. The molecule has 0 spiro atoms. The second-order valence-corrected chi connectivity index (χ2v) is 4.34. The van der Waals surface area contributed by atoms with Crippen LogP contribution >= 0.6 is 23.2 Å². The highest BCUT2D eigenvalue weighted by Crippen LogP contribution is 2.36. The summed E-state index contributed by atoms with van der Waals surface area (Å²) < 4.78 is 5.40. The summed E-state index contributed by atoms with van der Waals surface area (Å²) in [6, 6.07) is 3.01. The number of hydrogen-bond donors (Lipinski definition) is 1. The maximum absolute atomic E-state index is 11.6. The van der Waals surface area contributed by atoms with Crippen molar-refractivity contribution in [2.24, 2.45) is 0 Å². The zero-order chi connectivity index (χ0) is 12.6. The van der Waals surface area contributed by atoms with Crippen LogP contribution in [0.5, 0.6) is 5.75 Å². The van der Waals surface area contributed by atoms with Gasteiger partial charge in [-0.2, -0.15) is 0 Å². The highest BCUT2D eigenvalue weighted by molar-refractivity contribution is 6.33. The van der Waals surface area contributed by atoms with Gasteiger partial charge in [-0.25, -0.2) is 0 Å². The van der Waals surface area contributed by atoms with Crippen LogP contribution in [0.15, 0.2) is 12.1 Å². The van der Waals surface area contributed by atoms with E-state index in [9.17, 15) is 9.59 Å². The van der Waals surface area contributed by atoms with Gasteiger partial charge in [-0.05, 0) is 19.1 Å². The van der Waals surface area contributed by atoms with Crippen LogP contribution in [-0.4, -0.2) is 23.7 Å². The van der Waals surface area contributed by atoms with Crippen molar-refractivity contribution in [3.8, 4) is 5.75 Å². The van der Waals surface area contributed by atoms with E-state index in [4.69, 9.17) is 27.9 Å². The van der Waals surface area contributed by atoms with Gasteiger partial charge < -0.3 is 10.1 Å². The van der Waals surface area contributed by atoms with E-state index >= 15 is 0 Å². The van der Waals surface area contributed by atoms with Crippen LogP contribution in [0.2, 0.25) is 5.02 Å². The molecule has 1 aromatic carbocycles. The van der Waals surface area contributed by atoms with Crippen LogP contribution in [-0.2, 0) is 4.79 Å². The molecule has 0 saturated heterocycles. The lowest BCUT2D eigenvalue weighted by Crippen LogP contribution is -2.35. The molecule has 1 atom stereocenters. The number of hydrogen-bond acceptors (Lipinski definition) is 3. The smallest absolute Gasteiger partial charge is 0.265 e. The maximum Gasteiger partial charge on any atom is 0.265 e. The van der Waals surface area contributed by atoms with Gasteiger partial charge in [0, 0.05) is 5.02 Å². The molecule has 1 amide bonds. The van der Waals surface area contributed by atoms with Gasteiger partial charge in [0.2, 0.25) is 0 Å². The molecule has 1 unspecified atom stereocenters. The Hall–Kier alpha value is -1.26. The molecule has 1 aliphatic rings. The summed E-state index contributed by atoms with van der Waals surface area (Å²) in [5, 5.41) is 2.97. The molecule has 0 saturated carbocycles. The van der Waals surface area contributed by atoms with Crippen molar-refractivity contribution in [2.75, 3.05) is 11.2 Å². The molecule has 0 radical (unpaired) electrons. The van der Waals surface area contributed by atoms with E-state index in [1.807, 2.05) is 0 Å². The van der Waals surface area contributed by atoms with Crippen molar-refractivity contribution < 1.29 is 14.3 Å². The highest BCUT2D eigenvalue weighted by atomic mass is 35.5. The first kappa shape index (κ1) is 12.2. The molecular weight excluding hydrogens is 265 g/mol. The van der Waals surface area contributed by atoms with Crippen molar-refractivity contribution >= 4 is 40.6 Å². The summed E-state index contributed by atoms with van der Waals surface area (Å²) in [6.45, 7) is 1.60. The van der Waals surface area contributed by atoms with E-state index in [-0.39, 0.29) is 23.1 Å². The maximum atomic E-state index is 11.6. The van der Waals surface area contributed by atoms with E-state index < -0.39 is 6.10 Å². The third kappa shape index (κ3) is 2.23. The van der Waals surface area contributed by atoms with Gasteiger partial charge in [-0.1, -0.05) is 11.6 Å².